The Bertz CT molecular complexity index is 558. The molecule has 6 heteroatoms. The number of hydrogen-bond donors (Lipinski definition) is 1. The Labute approximate surface area is 110 Å². The second-order valence-electron chi connectivity index (χ2n) is 5.00. The first kappa shape index (κ1) is 12.9. The first-order valence-corrected chi connectivity index (χ1v) is 6.68. The fraction of sp³-hybridized carbons (Fsp3) is 0.417. The number of aromatic nitrogens is 3. The normalized spacial score (nSPS) is 11.7. The van der Waals surface area contributed by atoms with Gasteiger partial charge in [-0.2, -0.15) is 0 Å². The maximum atomic E-state index is 11.7. The molecule has 2 heterocycles. The van der Waals surface area contributed by atoms with E-state index in [4.69, 9.17) is 0 Å². The van der Waals surface area contributed by atoms with Gasteiger partial charge in [0.05, 0.1) is 5.75 Å². The number of nitrogens with zero attached hydrogens (tertiary/aromatic N) is 3. The van der Waals surface area contributed by atoms with Gasteiger partial charge in [0.1, 0.15) is 0 Å². The molecule has 0 aromatic carbocycles. The number of amides is 1. The van der Waals surface area contributed by atoms with Gasteiger partial charge in [0.25, 0.3) is 0 Å². The van der Waals surface area contributed by atoms with Crippen LogP contribution in [-0.4, -0.2) is 31.8 Å². The molecule has 0 bridgehead atoms. The van der Waals surface area contributed by atoms with Gasteiger partial charge in [-0.25, -0.2) is 0 Å². The highest BCUT2D eigenvalue weighted by atomic mass is 32.2. The molecule has 5 nitrogen and oxygen atoms in total. The summed E-state index contributed by atoms with van der Waals surface area (Å²) < 4.78 is 1.87. The van der Waals surface area contributed by atoms with Crippen molar-refractivity contribution in [2.45, 2.75) is 31.5 Å². The summed E-state index contributed by atoms with van der Waals surface area (Å²) in [6.07, 6.45) is 1.89. The average molecular weight is 264 g/mol. The molecule has 0 saturated carbocycles. The molecule has 0 saturated heterocycles. The van der Waals surface area contributed by atoms with E-state index in [2.05, 4.69) is 15.5 Å². The van der Waals surface area contributed by atoms with Crippen LogP contribution in [0.15, 0.2) is 29.6 Å². The van der Waals surface area contributed by atoms with Crippen LogP contribution >= 0.6 is 11.8 Å². The van der Waals surface area contributed by atoms with Crippen molar-refractivity contribution < 1.29 is 4.79 Å². The zero-order valence-electron chi connectivity index (χ0n) is 10.7. The molecule has 96 valence electrons. The Morgan fingerprint density at radius 3 is 2.89 bits per heavy atom. The van der Waals surface area contributed by atoms with Gasteiger partial charge in [-0.3, -0.25) is 9.20 Å². The third kappa shape index (κ3) is 3.22. The molecule has 2 aromatic heterocycles. The van der Waals surface area contributed by atoms with E-state index in [-0.39, 0.29) is 11.4 Å². The lowest BCUT2D eigenvalue weighted by atomic mass is 10.1. The van der Waals surface area contributed by atoms with Crippen molar-refractivity contribution in [2.75, 3.05) is 5.75 Å². The fourth-order valence-electron chi connectivity index (χ4n) is 1.50. The molecule has 2 aromatic rings. The maximum absolute atomic E-state index is 11.7. The first-order chi connectivity index (χ1) is 8.46. The van der Waals surface area contributed by atoms with Crippen LogP contribution in [0.5, 0.6) is 0 Å². The van der Waals surface area contributed by atoms with Crippen molar-refractivity contribution in [1.29, 1.82) is 0 Å². The third-order valence-electron chi connectivity index (χ3n) is 2.13. The Morgan fingerprint density at radius 1 is 1.39 bits per heavy atom. The smallest absolute Gasteiger partial charge is 0.230 e. The van der Waals surface area contributed by atoms with Crippen LogP contribution in [0.4, 0.5) is 0 Å². The van der Waals surface area contributed by atoms with E-state index < -0.39 is 0 Å². The lowest BCUT2D eigenvalue weighted by Crippen LogP contribution is -2.41. The summed E-state index contributed by atoms with van der Waals surface area (Å²) in [5.41, 5.74) is 0.584. The Morgan fingerprint density at radius 2 is 2.17 bits per heavy atom. The number of rotatable bonds is 3. The molecule has 0 spiro atoms. The van der Waals surface area contributed by atoms with Crippen LogP contribution in [0.25, 0.3) is 5.65 Å². The second-order valence-corrected chi connectivity index (χ2v) is 5.94. The van der Waals surface area contributed by atoms with Gasteiger partial charge in [-0.05, 0) is 32.9 Å². The molecule has 0 radical (unpaired) electrons. The highest BCUT2D eigenvalue weighted by Crippen LogP contribution is 2.16. The summed E-state index contributed by atoms with van der Waals surface area (Å²) in [6, 6.07) is 5.70. The Balaban J connectivity index is 2.00. The van der Waals surface area contributed by atoms with E-state index >= 15 is 0 Å². The summed E-state index contributed by atoms with van der Waals surface area (Å²) in [7, 11) is 0. The number of pyridine rings is 1. The van der Waals surface area contributed by atoms with E-state index in [1.54, 1.807) is 0 Å². The first-order valence-electron chi connectivity index (χ1n) is 5.69. The summed E-state index contributed by atoms with van der Waals surface area (Å²) in [5.74, 6) is 0.340. The molecule has 0 fully saturated rings. The summed E-state index contributed by atoms with van der Waals surface area (Å²) in [6.45, 7) is 5.88. The van der Waals surface area contributed by atoms with Crippen LogP contribution in [0.1, 0.15) is 20.8 Å². The van der Waals surface area contributed by atoms with Crippen LogP contribution in [0.3, 0.4) is 0 Å². The van der Waals surface area contributed by atoms with Crippen molar-refractivity contribution in [3.05, 3.63) is 24.4 Å². The highest BCUT2D eigenvalue weighted by Gasteiger charge is 2.15. The molecule has 18 heavy (non-hydrogen) atoms. The van der Waals surface area contributed by atoms with Gasteiger partial charge in [0.2, 0.25) is 5.91 Å². The van der Waals surface area contributed by atoms with Crippen molar-refractivity contribution in [2.24, 2.45) is 0 Å². The van der Waals surface area contributed by atoms with Crippen molar-refractivity contribution >= 4 is 23.3 Å². The topological polar surface area (TPSA) is 59.3 Å². The molecule has 0 aliphatic rings. The van der Waals surface area contributed by atoms with Crippen LogP contribution in [0.2, 0.25) is 0 Å². The monoisotopic (exact) mass is 264 g/mol. The minimum Gasteiger partial charge on any atom is -0.351 e. The van der Waals surface area contributed by atoms with Gasteiger partial charge >= 0.3 is 0 Å². The average Bonchev–Trinajstić information content (AvgIpc) is 2.67. The molecular weight excluding hydrogens is 248 g/mol. The maximum Gasteiger partial charge on any atom is 0.230 e. The zero-order chi connectivity index (χ0) is 13.2. The number of hydrogen-bond acceptors (Lipinski definition) is 4. The quantitative estimate of drug-likeness (QED) is 0.858. The van der Waals surface area contributed by atoms with Gasteiger partial charge in [-0.1, -0.05) is 17.8 Å². The minimum absolute atomic E-state index is 0.000168. The van der Waals surface area contributed by atoms with E-state index in [1.807, 2.05) is 49.6 Å². The van der Waals surface area contributed by atoms with Crippen LogP contribution in [0, 0.1) is 0 Å². The lowest BCUT2D eigenvalue weighted by Gasteiger charge is -2.20. The Hall–Kier alpha value is -1.56. The lowest BCUT2D eigenvalue weighted by molar-refractivity contribution is -0.119. The van der Waals surface area contributed by atoms with Gasteiger partial charge in [0, 0.05) is 11.7 Å². The number of nitrogens with one attached hydrogen (secondary N) is 1. The van der Waals surface area contributed by atoms with E-state index in [9.17, 15) is 4.79 Å². The van der Waals surface area contributed by atoms with Crippen molar-refractivity contribution in [1.82, 2.24) is 19.9 Å². The van der Waals surface area contributed by atoms with E-state index in [1.165, 1.54) is 11.8 Å². The van der Waals surface area contributed by atoms with E-state index in [0.29, 0.717) is 5.75 Å². The van der Waals surface area contributed by atoms with Crippen molar-refractivity contribution in [3.8, 4) is 0 Å². The SMILES string of the molecule is CC(C)(C)NC(=O)CSc1nnc2ccccn12. The molecule has 0 aliphatic carbocycles. The molecule has 0 aliphatic heterocycles. The van der Waals surface area contributed by atoms with Gasteiger partial charge < -0.3 is 5.32 Å². The van der Waals surface area contributed by atoms with Gasteiger partial charge in [0.15, 0.2) is 10.8 Å². The number of fused-ring (bicyclic) bond motifs is 1. The van der Waals surface area contributed by atoms with Crippen molar-refractivity contribution in [3.63, 3.8) is 0 Å². The largest absolute Gasteiger partial charge is 0.351 e. The number of carbonyl (C=O) groups excluding carboxylic acids is 1. The molecule has 1 N–H and O–H groups in total. The minimum atomic E-state index is -0.204. The van der Waals surface area contributed by atoms with Crippen LogP contribution < -0.4 is 5.32 Å². The summed E-state index contributed by atoms with van der Waals surface area (Å²) in [5, 5.41) is 11.7. The Kier molecular flexibility index (Phi) is 3.56. The number of carbonyl (C=O) groups is 1. The second kappa shape index (κ2) is 4.97. The molecule has 2 rings (SSSR count). The molecular formula is C12H16N4OS. The highest BCUT2D eigenvalue weighted by molar-refractivity contribution is 7.99. The predicted octanol–water partition coefficient (Wildman–Crippen LogP) is 1.74. The third-order valence-corrected chi connectivity index (χ3v) is 3.07. The molecule has 1 amide bonds. The van der Waals surface area contributed by atoms with Crippen LogP contribution in [-0.2, 0) is 4.79 Å². The summed E-state index contributed by atoms with van der Waals surface area (Å²) >= 11 is 1.38. The molecule has 0 unspecified atom stereocenters. The summed E-state index contributed by atoms with van der Waals surface area (Å²) in [4.78, 5) is 11.7. The standard InChI is InChI=1S/C12H16N4OS/c1-12(2,3)13-10(17)8-18-11-15-14-9-6-4-5-7-16(9)11/h4-7H,8H2,1-3H3,(H,13,17). The predicted molar refractivity (Wildman–Crippen MR) is 71.6 cm³/mol. The van der Waals surface area contributed by atoms with E-state index in [0.717, 1.165) is 10.8 Å². The fourth-order valence-corrected chi connectivity index (χ4v) is 2.23. The zero-order valence-corrected chi connectivity index (χ0v) is 11.5. The molecule has 0 atom stereocenters. The number of thioether (sulfide) groups is 1. The van der Waals surface area contributed by atoms with Gasteiger partial charge in [-0.15, -0.1) is 10.2 Å².